The van der Waals surface area contributed by atoms with Gasteiger partial charge in [-0.3, -0.25) is 0 Å². The molecule has 0 aliphatic rings. The highest BCUT2D eigenvalue weighted by Crippen LogP contribution is 2.44. The third kappa shape index (κ3) is 4.54. The average molecular weight is 326 g/mol. The second kappa shape index (κ2) is 6.01. The van der Waals surface area contributed by atoms with Gasteiger partial charge in [-0.2, -0.15) is 0 Å². The smallest absolute Gasteiger partial charge is 0.119 e. The van der Waals surface area contributed by atoms with Crippen molar-refractivity contribution in [1.29, 1.82) is 0 Å². The Kier molecular flexibility index (Phi) is 5.34. The van der Waals surface area contributed by atoms with E-state index < -0.39 is 0 Å². The van der Waals surface area contributed by atoms with Crippen LogP contribution < -0.4 is 0 Å². The molecule has 1 rings (SSSR count). The van der Waals surface area contributed by atoms with Crippen LogP contribution in [0.2, 0.25) is 0 Å². The normalized spacial score (nSPS) is 14.0. The van der Waals surface area contributed by atoms with Gasteiger partial charge in [0.05, 0.1) is 5.69 Å². The summed E-state index contributed by atoms with van der Waals surface area (Å²) < 4.78 is 4.60. The number of rotatable bonds is 1. The van der Waals surface area contributed by atoms with Gasteiger partial charge in [0.2, 0.25) is 0 Å². The maximum atomic E-state index is 5.92. The van der Waals surface area contributed by atoms with Gasteiger partial charge in [-0.25, -0.2) is 4.74 Å². The van der Waals surface area contributed by atoms with Crippen molar-refractivity contribution in [1.82, 2.24) is 0 Å². The maximum Gasteiger partial charge on any atom is 0.119 e. The Morgan fingerprint density at radius 2 is 1.14 bits per heavy atom. The molecule has 1 aromatic carbocycles. The molecule has 0 bridgehead atoms. The van der Waals surface area contributed by atoms with E-state index in [-0.39, 0.29) is 16.2 Å². The summed E-state index contributed by atoms with van der Waals surface area (Å²) in [6.07, 6.45) is 0. The predicted molar refractivity (Wildman–Crippen MR) is 97.4 cm³/mol. The average Bonchev–Trinajstić information content (AvgIpc) is 2.24. The first kappa shape index (κ1) is 18.7. The van der Waals surface area contributed by atoms with E-state index in [1.54, 1.807) is 0 Å². The molecule has 3 heteroatoms. The van der Waals surface area contributed by atoms with E-state index in [0.29, 0.717) is 7.73 Å². The minimum Gasteiger partial charge on any atom is -0.215 e. The lowest BCUT2D eigenvalue weighted by Gasteiger charge is -2.31. The summed E-state index contributed by atoms with van der Waals surface area (Å²) in [5.41, 5.74) is 5.21. The molecule has 21 heavy (non-hydrogen) atoms. The molecule has 0 saturated heterocycles. The maximum absolute atomic E-state index is 5.92. The van der Waals surface area contributed by atoms with Crippen LogP contribution in [-0.2, 0) is 16.2 Å². The molecule has 0 fully saturated rings. The third-order valence-corrected chi connectivity index (χ3v) is 4.23. The molecular formula is C18H29ClNP. The van der Waals surface area contributed by atoms with Crippen LogP contribution >= 0.6 is 19.0 Å². The molecule has 0 unspecified atom stereocenters. The molecular weight excluding hydrogens is 297 g/mol. The largest absolute Gasteiger partial charge is 0.215 e. The van der Waals surface area contributed by atoms with Crippen LogP contribution in [0, 0.1) is 0 Å². The van der Waals surface area contributed by atoms with Crippen LogP contribution in [0.3, 0.4) is 0 Å². The van der Waals surface area contributed by atoms with Crippen molar-refractivity contribution < 1.29 is 0 Å². The van der Waals surface area contributed by atoms with Gasteiger partial charge >= 0.3 is 0 Å². The Labute approximate surface area is 137 Å². The van der Waals surface area contributed by atoms with Crippen molar-refractivity contribution in [2.75, 3.05) is 0 Å². The number of hydrogen-bond acceptors (Lipinski definition) is 1. The summed E-state index contributed by atoms with van der Waals surface area (Å²) in [4.78, 5) is 0. The first-order chi connectivity index (χ1) is 9.28. The second-order valence-electron chi connectivity index (χ2n) is 8.85. The fourth-order valence-electron chi connectivity index (χ4n) is 2.36. The van der Waals surface area contributed by atoms with E-state index in [0.717, 1.165) is 5.69 Å². The highest BCUT2D eigenvalue weighted by atomic mass is 35.7. The minimum absolute atomic E-state index is 0.0433. The van der Waals surface area contributed by atoms with E-state index in [2.05, 4.69) is 79.2 Å². The number of nitrogens with zero attached hydrogens (tertiary/aromatic N) is 1. The van der Waals surface area contributed by atoms with Gasteiger partial charge in [-0.1, -0.05) is 74.4 Å². The Balaban J connectivity index is 3.84. The quantitative estimate of drug-likeness (QED) is 0.474. The summed E-state index contributed by atoms with van der Waals surface area (Å²) in [7, 11) is 0.546. The van der Waals surface area contributed by atoms with Crippen molar-refractivity contribution in [3.63, 3.8) is 0 Å². The summed E-state index contributed by atoms with van der Waals surface area (Å²) in [6, 6.07) is 4.63. The van der Waals surface area contributed by atoms with Crippen molar-refractivity contribution >= 4 is 24.7 Å². The van der Waals surface area contributed by atoms with Gasteiger partial charge in [-0.15, -0.1) is 0 Å². The predicted octanol–water partition coefficient (Wildman–Crippen LogP) is 7.49. The molecule has 0 N–H and O–H groups in total. The summed E-state index contributed by atoms with van der Waals surface area (Å²) in [5, 5.41) is 0. The Morgan fingerprint density at radius 3 is 1.38 bits per heavy atom. The SMILES string of the molecule is CC(C)(C)c1cc(C(C)(C)C)c(N=PCl)c(C(C)(C)C)c1. The molecule has 0 amide bonds. The first-order valence-corrected chi connectivity index (χ1v) is 9.25. The first-order valence-electron chi connectivity index (χ1n) is 7.50. The topological polar surface area (TPSA) is 12.4 Å². The van der Waals surface area contributed by atoms with Gasteiger partial charge in [-0.05, 0) is 44.2 Å². The van der Waals surface area contributed by atoms with Crippen molar-refractivity contribution in [3.05, 3.63) is 28.8 Å². The molecule has 0 saturated carbocycles. The molecule has 0 atom stereocenters. The van der Waals surface area contributed by atoms with E-state index in [4.69, 9.17) is 11.2 Å². The Hall–Kier alpha value is -0.390. The number of benzene rings is 1. The van der Waals surface area contributed by atoms with E-state index in [1.165, 1.54) is 16.7 Å². The van der Waals surface area contributed by atoms with Gasteiger partial charge in [0, 0.05) is 0 Å². The van der Waals surface area contributed by atoms with Crippen LogP contribution in [0.4, 0.5) is 5.69 Å². The fraction of sp³-hybridized carbons (Fsp3) is 0.667. The van der Waals surface area contributed by atoms with Crippen LogP contribution in [-0.4, -0.2) is 0 Å². The van der Waals surface area contributed by atoms with Crippen molar-refractivity contribution in [2.45, 2.75) is 78.6 Å². The number of hydrogen-bond donors (Lipinski definition) is 0. The van der Waals surface area contributed by atoms with Crippen LogP contribution in [0.25, 0.3) is 0 Å². The highest BCUT2D eigenvalue weighted by Gasteiger charge is 2.28. The molecule has 0 heterocycles. The lowest BCUT2D eigenvalue weighted by molar-refractivity contribution is 0.550. The van der Waals surface area contributed by atoms with Gasteiger partial charge < -0.3 is 0 Å². The molecule has 118 valence electrons. The Morgan fingerprint density at radius 1 is 0.762 bits per heavy atom. The van der Waals surface area contributed by atoms with Gasteiger partial charge in [0.15, 0.2) is 0 Å². The molecule has 0 aliphatic heterocycles. The zero-order valence-electron chi connectivity index (χ0n) is 14.9. The van der Waals surface area contributed by atoms with E-state index >= 15 is 0 Å². The van der Waals surface area contributed by atoms with Gasteiger partial charge in [0.25, 0.3) is 0 Å². The Bertz CT molecular complexity index is 505. The molecule has 0 radical (unpaired) electrons. The van der Waals surface area contributed by atoms with Crippen molar-refractivity contribution in [2.24, 2.45) is 4.74 Å². The minimum atomic E-state index is 0.0433. The van der Waals surface area contributed by atoms with E-state index in [1.807, 2.05) is 0 Å². The van der Waals surface area contributed by atoms with Crippen molar-refractivity contribution in [3.8, 4) is 0 Å². The monoisotopic (exact) mass is 325 g/mol. The molecule has 0 aromatic heterocycles. The molecule has 1 nitrogen and oxygen atoms in total. The lowest BCUT2D eigenvalue weighted by Crippen LogP contribution is -2.21. The zero-order chi connectivity index (χ0) is 16.6. The fourth-order valence-corrected chi connectivity index (χ4v) is 2.87. The molecule has 0 spiro atoms. The second-order valence-corrected chi connectivity index (χ2v) is 9.65. The summed E-state index contributed by atoms with van der Waals surface area (Å²) >= 11 is 5.92. The van der Waals surface area contributed by atoms with Gasteiger partial charge in [0.1, 0.15) is 7.73 Å². The zero-order valence-corrected chi connectivity index (χ0v) is 16.6. The highest BCUT2D eigenvalue weighted by molar-refractivity contribution is 7.60. The van der Waals surface area contributed by atoms with Crippen LogP contribution in [0.1, 0.15) is 79.0 Å². The van der Waals surface area contributed by atoms with E-state index in [9.17, 15) is 0 Å². The summed E-state index contributed by atoms with van der Waals surface area (Å²) in [5.74, 6) is 0. The number of halogens is 1. The standard InChI is InChI=1S/C18H29ClNP/c1-16(2,3)12-10-13(17(4,5)6)15(20-21-19)14(11-12)18(7,8)9/h10-11H,1-9H3. The molecule has 1 aromatic rings. The van der Waals surface area contributed by atoms with Crippen LogP contribution in [0.5, 0.6) is 0 Å². The lowest BCUT2D eigenvalue weighted by atomic mass is 9.74. The third-order valence-electron chi connectivity index (χ3n) is 3.73. The summed E-state index contributed by atoms with van der Waals surface area (Å²) in [6.45, 7) is 20.2. The van der Waals surface area contributed by atoms with Crippen LogP contribution in [0.15, 0.2) is 16.9 Å². The molecule has 0 aliphatic carbocycles.